The summed E-state index contributed by atoms with van der Waals surface area (Å²) < 4.78 is 18.3. The van der Waals surface area contributed by atoms with Crippen LogP contribution in [0.15, 0.2) is 53.3 Å². The lowest BCUT2D eigenvalue weighted by molar-refractivity contribution is 0.0683. The number of likely N-dealkylation sites (tertiary alicyclic amines) is 1. The zero-order valence-corrected chi connectivity index (χ0v) is 25.8. The molecule has 3 aliphatic heterocycles. The molecule has 10 heteroatoms. The Bertz CT molecular complexity index is 1610. The summed E-state index contributed by atoms with van der Waals surface area (Å²) in [5.74, 6) is 1.67. The zero-order valence-electron chi connectivity index (χ0n) is 25.8. The third kappa shape index (κ3) is 5.60. The number of amides is 2. The van der Waals surface area contributed by atoms with Crippen LogP contribution in [0.1, 0.15) is 58.5 Å². The van der Waals surface area contributed by atoms with E-state index in [0.717, 1.165) is 50.3 Å². The highest BCUT2D eigenvalue weighted by molar-refractivity contribution is 6.08. The predicted octanol–water partition coefficient (Wildman–Crippen LogP) is 4.62. The Morgan fingerprint density at radius 3 is 2.36 bits per heavy atom. The Hall–Kier alpha value is -4.47. The molecule has 10 nitrogen and oxygen atoms in total. The Kier molecular flexibility index (Phi) is 8.25. The minimum Gasteiger partial charge on any atom is -0.493 e. The largest absolute Gasteiger partial charge is 0.493 e. The van der Waals surface area contributed by atoms with E-state index in [0.29, 0.717) is 53.1 Å². The third-order valence-corrected chi connectivity index (χ3v) is 9.18. The van der Waals surface area contributed by atoms with E-state index in [-0.39, 0.29) is 29.2 Å². The van der Waals surface area contributed by atoms with E-state index < -0.39 is 0 Å². The summed E-state index contributed by atoms with van der Waals surface area (Å²) in [6.07, 6.45) is 3.11. The fourth-order valence-corrected chi connectivity index (χ4v) is 7.10. The van der Waals surface area contributed by atoms with Gasteiger partial charge in [-0.05, 0) is 67.5 Å². The lowest BCUT2D eigenvalue weighted by Gasteiger charge is -2.44. The first-order valence-electron chi connectivity index (χ1n) is 15.3. The van der Waals surface area contributed by atoms with E-state index in [9.17, 15) is 14.4 Å². The summed E-state index contributed by atoms with van der Waals surface area (Å²) in [7, 11) is 4.53. The molecule has 1 aromatic heterocycles. The van der Waals surface area contributed by atoms with Gasteiger partial charge in [-0.25, -0.2) is 0 Å². The maximum atomic E-state index is 13.8. The fraction of sp³-hybridized carbons (Fsp3) is 0.441. The molecule has 2 saturated heterocycles. The van der Waals surface area contributed by atoms with Crippen LogP contribution in [0.3, 0.4) is 0 Å². The van der Waals surface area contributed by atoms with Crippen molar-refractivity contribution in [1.29, 1.82) is 0 Å². The first kappa shape index (κ1) is 29.6. The van der Waals surface area contributed by atoms with Crippen LogP contribution in [0.4, 0.5) is 11.4 Å². The molecule has 1 N–H and O–H groups in total. The van der Waals surface area contributed by atoms with Crippen LogP contribution < -0.4 is 30.0 Å². The smallest absolute Gasteiger partial charge is 0.255 e. The maximum absolute atomic E-state index is 13.8. The highest BCUT2D eigenvalue weighted by Gasteiger charge is 2.35. The van der Waals surface area contributed by atoms with Crippen LogP contribution >= 0.6 is 0 Å². The predicted molar refractivity (Wildman–Crippen MR) is 169 cm³/mol. The topological polar surface area (TPSA) is 102 Å². The van der Waals surface area contributed by atoms with Gasteiger partial charge in [0.05, 0.1) is 32.7 Å². The molecule has 2 aromatic carbocycles. The normalized spacial score (nSPS) is 20.9. The van der Waals surface area contributed by atoms with Crippen molar-refractivity contribution in [1.82, 2.24) is 9.47 Å². The molecule has 44 heavy (non-hydrogen) atoms. The first-order chi connectivity index (χ1) is 21.3. The van der Waals surface area contributed by atoms with Gasteiger partial charge in [0, 0.05) is 61.5 Å². The second-order valence-corrected chi connectivity index (χ2v) is 12.2. The van der Waals surface area contributed by atoms with Crippen molar-refractivity contribution in [2.45, 2.75) is 38.6 Å². The number of methoxy groups -OCH3 is 3. The highest BCUT2D eigenvalue weighted by Crippen LogP contribution is 2.41. The molecule has 0 radical (unpaired) electrons. The summed E-state index contributed by atoms with van der Waals surface area (Å²) in [4.78, 5) is 44.2. The van der Waals surface area contributed by atoms with E-state index in [1.165, 1.54) is 21.3 Å². The van der Waals surface area contributed by atoms with Crippen molar-refractivity contribution in [3.8, 4) is 17.2 Å². The van der Waals surface area contributed by atoms with Crippen molar-refractivity contribution in [2.24, 2.45) is 11.8 Å². The van der Waals surface area contributed by atoms with Gasteiger partial charge in [-0.15, -0.1) is 0 Å². The van der Waals surface area contributed by atoms with Crippen molar-refractivity contribution in [3.05, 3.63) is 75.7 Å². The maximum Gasteiger partial charge on any atom is 0.255 e. The number of nitrogens with zero attached hydrogens (tertiary/aromatic N) is 3. The quantitative estimate of drug-likeness (QED) is 0.422. The van der Waals surface area contributed by atoms with Gasteiger partial charge in [0.1, 0.15) is 0 Å². The summed E-state index contributed by atoms with van der Waals surface area (Å²) in [5, 5.41) is 3.11. The van der Waals surface area contributed by atoms with Gasteiger partial charge in [0.25, 0.3) is 17.4 Å². The minimum atomic E-state index is -0.365. The monoisotopic (exact) mass is 600 g/mol. The molecule has 3 atom stereocenters. The van der Waals surface area contributed by atoms with E-state index in [2.05, 4.69) is 17.1 Å². The van der Waals surface area contributed by atoms with Gasteiger partial charge in [-0.1, -0.05) is 13.0 Å². The number of aromatic nitrogens is 1. The lowest BCUT2D eigenvalue weighted by atomic mass is 9.83. The minimum absolute atomic E-state index is 0.0322. The van der Waals surface area contributed by atoms with E-state index >= 15 is 0 Å². The third-order valence-electron chi connectivity index (χ3n) is 9.18. The van der Waals surface area contributed by atoms with Crippen LogP contribution in [0.2, 0.25) is 0 Å². The molecular weight excluding hydrogens is 560 g/mol. The number of piperidine rings is 2. The lowest BCUT2D eigenvalue weighted by Crippen LogP contribution is -2.47. The number of carbonyl (C=O) groups excluding carboxylic acids is 2. The number of hydrogen-bond donors (Lipinski definition) is 1. The number of benzene rings is 2. The molecule has 3 aliphatic rings. The summed E-state index contributed by atoms with van der Waals surface area (Å²) in [6.45, 7) is 5.73. The van der Waals surface area contributed by atoms with Crippen LogP contribution in [-0.2, 0) is 6.54 Å². The number of hydrogen-bond acceptors (Lipinski definition) is 7. The van der Waals surface area contributed by atoms with Gasteiger partial charge in [-0.2, -0.15) is 0 Å². The van der Waals surface area contributed by atoms with Gasteiger partial charge in [0.15, 0.2) is 11.5 Å². The number of carbonyl (C=O) groups is 2. The molecule has 232 valence electrons. The molecule has 2 bridgehead atoms. The molecule has 2 amide bonds. The fourth-order valence-electron chi connectivity index (χ4n) is 7.10. The average Bonchev–Trinajstić information content (AvgIpc) is 3.04. The Balaban J connectivity index is 1.36. The number of pyridine rings is 1. The number of nitrogens with one attached hydrogen (secondary N) is 1. The molecular formula is C34H40N4O6. The number of rotatable bonds is 7. The van der Waals surface area contributed by atoms with Crippen molar-refractivity contribution in [2.75, 3.05) is 57.7 Å². The SMILES string of the molecule is COc1cc(C(=O)Nc2cc(C(=O)N3CCC[C@H](C)C3)ccc2N2C[C@H]3C[C@@H](C2)c2cccc(=O)n2C3)cc(OC)c1OC. The van der Waals surface area contributed by atoms with E-state index in [1.54, 1.807) is 24.3 Å². The van der Waals surface area contributed by atoms with Crippen LogP contribution in [0, 0.1) is 11.8 Å². The van der Waals surface area contributed by atoms with E-state index in [4.69, 9.17) is 14.2 Å². The Labute approximate surface area is 257 Å². The van der Waals surface area contributed by atoms with Gasteiger partial charge in [0.2, 0.25) is 5.75 Å². The van der Waals surface area contributed by atoms with Gasteiger partial charge < -0.3 is 33.9 Å². The molecule has 0 saturated carbocycles. The molecule has 3 aromatic rings. The Morgan fingerprint density at radius 1 is 0.886 bits per heavy atom. The van der Waals surface area contributed by atoms with Gasteiger partial charge >= 0.3 is 0 Å². The molecule has 2 fully saturated rings. The van der Waals surface area contributed by atoms with Crippen molar-refractivity contribution < 1.29 is 23.8 Å². The summed E-state index contributed by atoms with van der Waals surface area (Å²) >= 11 is 0. The molecule has 0 aliphatic carbocycles. The van der Waals surface area contributed by atoms with Crippen molar-refractivity contribution >= 4 is 23.2 Å². The summed E-state index contributed by atoms with van der Waals surface area (Å²) in [6, 6.07) is 14.3. The molecule has 6 rings (SSSR count). The Morgan fingerprint density at radius 2 is 1.66 bits per heavy atom. The van der Waals surface area contributed by atoms with Crippen LogP contribution in [-0.4, -0.2) is 68.8 Å². The second kappa shape index (κ2) is 12.3. The summed E-state index contributed by atoms with van der Waals surface area (Å²) in [5.41, 5.74) is 3.36. The first-order valence-corrected chi connectivity index (χ1v) is 15.3. The van der Waals surface area contributed by atoms with Crippen molar-refractivity contribution in [3.63, 3.8) is 0 Å². The van der Waals surface area contributed by atoms with Gasteiger partial charge in [-0.3, -0.25) is 14.4 Å². The number of anilines is 2. The number of ether oxygens (including phenoxy) is 3. The molecule has 0 unspecified atom stereocenters. The number of fused-ring (bicyclic) bond motifs is 4. The highest BCUT2D eigenvalue weighted by atomic mass is 16.5. The second-order valence-electron chi connectivity index (χ2n) is 12.2. The van der Waals surface area contributed by atoms with Crippen LogP contribution in [0.5, 0.6) is 17.2 Å². The molecule has 4 heterocycles. The van der Waals surface area contributed by atoms with Crippen LogP contribution in [0.25, 0.3) is 0 Å². The van der Waals surface area contributed by atoms with E-state index in [1.807, 2.05) is 33.7 Å². The molecule has 0 spiro atoms. The average molecular weight is 601 g/mol. The zero-order chi connectivity index (χ0) is 31.0. The standard InChI is InChI=1S/C34H40N4O6/c1-21-7-6-12-36(17-21)34(41)23-10-11-28(37-18-22-13-25(20-37)27-8-5-9-31(39)38(27)19-22)26(14-23)35-33(40)24-15-29(42-2)32(44-4)30(16-24)43-3/h5,8-11,14-16,21-22,25H,6-7,12-13,17-20H2,1-4H3,(H,35,40)/t21-,22+,25-/m0/s1.